The van der Waals surface area contributed by atoms with E-state index in [1.54, 1.807) is 0 Å². The maximum absolute atomic E-state index is 10.7. The summed E-state index contributed by atoms with van der Waals surface area (Å²) in [4.78, 5) is 0. The second-order valence-electron chi connectivity index (χ2n) is 4.68. The first-order chi connectivity index (χ1) is 9.20. The van der Waals surface area contributed by atoms with Crippen molar-refractivity contribution in [2.45, 2.75) is 45.4 Å². The zero-order valence-corrected chi connectivity index (χ0v) is 13.3. The molecule has 0 radical (unpaired) electrons. The molecule has 0 heterocycles. The van der Waals surface area contributed by atoms with Crippen molar-refractivity contribution in [3.05, 3.63) is 35.9 Å². The normalized spacial score (nSPS) is 13.5. The highest BCUT2D eigenvalue weighted by Crippen LogP contribution is 2.30. The van der Waals surface area contributed by atoms with Gasteiger partial charge in [-0.25, -0.2) is 0 Å². The molecule has 0 aliphatic heterocycles. The quantitative estimate of drug-likeness (QED) is 0.704. The lowest BCUT2D eigenvalue weighted by Crippen LogP contribution is -2.48. The molecule has 0 saturated heterocycles. The van der Waals surface area contributed by atoms with Crippen LogP contribution in [-0.2, 0) is 8.85 Å². The molecule has 1 atom stereocenters. The highest BCUT2D eigenvalue weighted by molar-refractivity contribution is 6.68. The Kier molecular flexibility index (Phi) is 7.31. The van der Waals surface area contributed by atoms with Gasteiger partial charge in [0.05, 0.1) is 0 Å². The van der Waals surface area contributed by atoms with E-state index in [0.29, 0.717) is 13.2 Å². The van der Waals surface area contributed by atoms with Crippen LogP contribution < -0.4 is 0 Å². The summed E-state index contributed by atoms with van der Waals surface area (Å²) in [6.45, 7) is 7.48. The predicted octanol–water partition coefficient (Wildman–Crippen LogP) is 3.57. The van der Waals surface area contributed by atoms with Gasteiger partial charge in [-0.05, 0) is 24.4 Å². The average Bonchev–Trinajstić information content (AvgIpc) is 2.48. The highest BCUT2D eigenvalue weighted by atomic mass is 28.4. The Morgan fingerprint density at radius 2 is 1.53 bits per heavy atom. The number of hydrogen-bond donors (Lipinski definition) is 1. The zero-order valence-electron chi connectivity index (χ0n) is 12.3. The third kappa shape index (κ3) is 4.42. The maximum Gasteiger partial charge on any atom is 0.372 e. The molecule has 0 spiro atoms. The van der Waals surface area contributed by atoms with E-state index >= 15 is 0 Å². The Labute approximate surface area is 117 Å². The van der Waals surface area contributed by atoms with Crippen LogP contribution in [0.3, 0.4) is 0 Å². The fourth-order valence-corrected chi connectivity index (χ4v) is 5.03. The number of benzene rings is 1. The summed E-state index contributed by atoms with van der Waals surface area (Å²) in [6.07, 6.45) is 1.87. The Morgan fingerprint density at radius 3 is 1.95 bits per heavy atom. The van der Waals surface area contributed by atoms with Gasteiger partial charge < -0.3 is 14.0 Å². The smallest absolute Gasteiger partial charge is 0.372 e. The van der Waals surface area contributed by atoms with Crippen molar-refractivity contribution in [2.75, 3.05) is 13.2 Å². The number of aliphatic hydroxyl groups excluding tert-OH is 1. The van der Waals surface area contributed by atoms with E-state index in [9.17, 15) is 5.11 Å². The summed E-state index contributed by atoms with van der Waals surface area (Å²) in [7, 11) is -2.60. The minimum atomic E-state index is -2.60. The van der Waals surface area contributed by atoms with Crippen molar-refractivity contribution in [3.63, 3.8) is 0 Å². The summed E-state index contributed by atoms with van der Waals surface area (Å²) < 4.78 is 12.0. The molecule has 4 heteroatoms. The van der Waals surface area contributed by atoms with Crippen LogP contribution in [0.4, 0.5) is 0 Å². The monoisotopic (exact) mass is 282 g/mol. The van der Waals surface area contributed by atoms with Crippen LogP contribution in [-0.4, -0.2) is 26.9 Å². The molecule has 19 heavy (non-hydrogen) atoms. The Hall–Kier alpha value is -0.683. The van der Waals surface area contributed by atoms with Gasteiger partial charge in [-0.2, -0.15) is 0 Å². The molecule has 1 aromatic carbocycles. The molecule has 0 amide bonds. The first-order valence-corrected chi connectivity index (χ1v) is 9.31. The van der Waals surface area contributed by atoms with Crippen molar-refractivity contribution in [1.29, 1.82) is 0 Å². The standard InChI is InChI=1S/C15H26O3Si/c1-4-12-17-19(6-3,18-13-5-2)15(16)14-10-8-7-9-11-14/h7-11,15-16H,4-6,12-13H2,1-3H3. The van der Waals surface area contributed by atoms with E-state index in [1.807, 2.05) is 37.3 Å². The molecule has 108 valence electrons. The van der Waals surface area contributed by atoms with E-state index in [4.69, 9.17) is 8.85 Å². The van der Waals surface area contributed by atoms with E-state index in [0.717, 1.165) is 24.4 Å². The molecule has 3 nitrogen and oxygen atoms in total. The largest absolute Gasteiger partial charge is 0.393 e. The third-order valence-electron chi connectivity index (χ3n) is 3.13. The second-order valence-corrected chi connectivity index (χ2v) is 8.13. The molecule has 0 saturated carbocycles. The van der Waals surface area contributed by atoms with Crippen molar-refractivity contribution in [3.8, 4) is 0 Å². The van der Waals surface area contributed by atoms with Crippen LogP contribution in [0.15, 0.2) is 30.3 Å². The second kappa shape index (κ2) is 8.48. The number of rotatable bonds is 9. The summed E-state index contributed by atoms with van der Waals surface area (Å²) in [5.41, 5.74) is 0.264. The fourth-order valence-electron chi connectivity index (χ4n) is 2.04. The predicted molar refractivity (Wildman–Crippen MR) is 80.1 cm³/mol. The van der Waals surface area contributed by atoms with E-state index in [-0.39, 0.29) is 0 Å². The highest BCUT2D eigenvalue weighted by Gasteiger charge is 2.44. The van der Waals surface area contributed by atoms with Gasteiger partial charge in [0.2, 0.25) is 0 Å². The Morgan fingerprint density at radius 1 is 1.00 bits per heavy atom. The van der Waals surface area contributed by atoms with Crippen LogP contribution in [0.25, 0.3) is 0 Å². The minimum Gasteiger partial charge on any atom is -0.393 e. The Bertz CT molecular complexity index is 335. The van der Waals surface area contributed by atoms with Gasteiger partial charge in [-0.1, -0.05) is 51.1 Å². The summed E-state index contributed by atoms with van der Waals surface area (Å²) in [5, 5.41) is 10.7. The molecule has 1 N–H and O–H groups in total. The van der Waals surface area contributed by atoms with Crippen molar-refractivity contribution >= 4 is 8.56 Å². The van der Waals surface area contributed by atoms with E-state index in [2.05, 4.69) is 13.8 Å². The van der Waals surface area contributed by atoms with Gasteiger partial charge in [0.25, 0.3) is 0 Å². The topological polar surface area (TPSA) is 38.7 Å². The van der Waals surface area contributed by atoms with E-state index in [1.165, 1.54) is 0 Å². The number of aliphatic hydroxyl groups is 1. The SMILES string of the molecule is CCCO[Si](CC)(OCCC)C(O)c1ccccc1. The molecule has 1 rings (SSSR count). The minimum absolute atomic E-state index is 0.628. The van der Waals surface area contributed by atoms with Gasteiger partial charge in [0.15, 0.2) is 0 Å². The molecule has 0 aromatic heterocycles. The van der Waals surface area contributed by atoms with Crippen molar-refractivity contribution < 1.29 is 14.0 Å². The lowest BCUT2D eigenvalue weighted by molar-refractivity contribution is 0.103. The van der Waals surface area contributed by atoms with Crippen LogP contribution >= 0.6 is 0 Å². The van der Waals surface area contributed by atoms with E-state index < -0.39 is 14.3 Å². The molecule has 1 unspecified atom stereocenters. The molecule has 1 aromatic rings. The summed E-state index contributed by atoms with van der Waals surface area (Å²) >= 11 is 0. The van der Waals surface area contributed by atoms with Crippen molar-refractivity contribution in [1.82, 2.24) is 0 Å². The molecule has 0 fully saturated rings. The summed E-state index contributed by atoms with van der Waals surface area (Å²) in [6, 6.07) is 10.5. The van der Waals surface area contributed by atoms with Crippen molar-refractivity contribution in [2.24, 2.45) is 0 Å². The summed E-state index contributed by atoms with van der Waals surface area (Å²) in [5.74, 6) is 0. The molecular weight excluding hydrogens is 256 g/mol. The van der Waals surface area contributed by atoms with Gasteiger partial charge in [0.1, 0.15) is 5.73 Å². The lowest BCUT2D eigenvalue weighted by atomic mass is 10.2. The molecule has 0 aliphatic carbocycles. The maximum atomic E-state index is 10.7. The van der Waals surface area contributed by atoms with Crippen LogP contribution in [0.5, 0.6) is 0 Å². The van der Waals surface area contributed by atoms with Gasteiger partial charge >= 0.3 is 8.56 Å². The first-order valence-electron chi connectivity index (χ1n) is 7.21. The van der Waals surface area contributed by atoms with Gasteiger partial charge in [-0.3, -0.25) is 0 Å². The average molecular weight is 282 g/mol. The number of hydrogen-bond acceptors (Lipinski definition) is 3. The first kappa shape index (κ1) is 16.4. The van der Waals surface area contributed by atoms with Crippen LogP contribution in [0.2, 0.25) is 6.04 Å². The van der Waals surface area contributed by atoms with Crippen LogP contribution in [0.1, 0.15) is 44.9 Å². The fraction of sp³-hybridized carbons (Fsp3) is 0.600. The van der Waals surface area contributed by atoms with Crippen LogP contribution in [0, 0.1) is 0 Å². The lowest BCUT2D eigenvalue weighted by Gasteiger charge is -2.34. The Balaban J connectivity index is 2.92. The molecular formula is C15H26O3Si. The third-order valence-corrected chi connectivity index (χ3v) is 6.66. The zero-order chi connectivity index (χ0) is 14.1. The molecule has 0 bridgehead atoms. The van der Waals surface area contributed by atoms with Gasteiger partial charge in [-0.15, -0.1) is 0 Å². The molecule has 0 aliphatic rings. The van der Waals surface area contributed by atoms with Gasteiger partial charge in [0, 0.05) is 13.2 Å².